The summed E-state index contributed by atoms with van der Waals surface area (Å²) in [6.45, 7) is 7.46. The first-order valence-corrected chi connectivity index (χ1v) is 3.40. The van der Waals surface area contributed by atoms with Crippen LogP contribution in [0, 0.1) is 0 Å². The van der Waals surface area contributed by atoms with Gasteiger partial charge in [0.1, 0.15) is 0 Å². The van der Waals surface area contributed by atoms with Crippen LogP contribution in [0.15, 0.2) is 12.7 Å². The first kappa shape index (κ1) is 16.2. The van der Waals surface area contributed by atoms with Gasteiger partial charge in [-0.1, -0.05) is 19.3 Å². The molecule has 0 aliphatic carbocycles. The standard InChI is InChI=1S/C3H6.C2H9B3.Co/c1-3-2;1-2-4-5-3;/h3H,1H2,2H3;4-5H,2-3H2,1H3;. The van der Waals surface area contributed by atoms with Crippen LogP contribution in [0.2, 0.25) is 6.32 Å². The van der Waals surface area contributed by atoms with Crippen molar-refractivity contribution in [3.63, 3.8) is 0 Å². The van der Waals surface area contributed by atoms with E-state index in [9.17, 15) is 0 Å². The Morgan fingerprint density at radius 2 is 2.00 bits per heavy atom. The smallest absolute Gasteiger partial charge is 0.0776 e. The van der Waals surface area contributed by atoms with Gasteiger partial charge in [-0.2, -0.15) is 0 Å². The maximum absolute atomic E-state index is 3.36. The molecule has 0 fully saturated rings. The Hall–Kier alpha value is 0.441. The zero-order valence-electron chi connectivity index (χ0n) is 6.74. The molecular formula is C5H15B3Co. The number of hydrogen-bond donors (Lipinski definition) is 0. The Labute approximate surface area is 71.9 Å². The quantitative estimate of drug-likeness (QED) is 0.399. The average molecular weight is 167 g/mol. The van der Waals surface area contributed by atoms with Crippen molar-refractivity contribution in [2.24, 2.45) is 0 Å². The molecule has 0 nitrogen and oxygen atoms in total. The van der Waals surface area contributed by atoms with Gasteiger partial charge in [0.25, 0.3) is 0 Å². The van der Waals surface area contributed by atoms with Crippen LogP contribution < -0.4 is 0 Å². The van der Waals surface area contributed by atoms with E-state index in [1.165, 1.54) is 20.6 Å². The Bertz CT molecular complexity index is 39.2. The van der Waals surface area contributed by atoms with E-state index in [0.717, 1.165) is 0 Å². The monoisotopic (exact) mass is 167 g/mol. The summed E-state index contributed by atoms with van der Waals surface area (Å²) in [7, 11) is 4.94. The van der Waals surface area contributed by atoms with Crippen LogP contribution >= 0.6 is 0 Å². The Morgan fingerprint density at radius 3 is 2.00 bits per heavy atom. The molecule has 9 heavy (non-hydrogen) atoms. The summed E-state index contributed by atoms with van der Waals surface area (Å²) in [5.74, 6) is 0. The number of hydrogen-bond acceptors (Lipinski definition) is 0. The minimum Gasteiger partial charge on any atom is -0.103 e. The number of allylic oxidation sites excluding steroid dienone is 1. The number of rotatable bonds is 2. The molecule has 0 aromatic heterocycles. The van der Waals surface area contributed by atoms with E-state index in [0.29, 0.717) is 0 Å². The zero-order valence-corrected chi connectivity index (χ0v) is 7.78. The van der Waals surface area contributed by atoms with E-state index in [4.69, 9.17) is 0 Å². The summed E-state index contributed by atoms with van der Waals surface area (Å²) in [5, 5.41) is 0. The van der Waals surface area contributed by atoms with Crippen molar-refractivity contribution in [2.75, 3.05) is 0 Å². The van der Waals surface area contributed by atoms with Gasteiger partial charge in [-0.3, -0.25) is 0 Å². The second kappa shape index (κ2) is 23.7. The first-order chi connectivity index (χ1) is 3.83. The minimum atomic E-state index is 0. The molecule has 0 bridgehead atoms. The predicted octanol–water partition coefficient (Wildman–Crippen LogP) is -0.0495. The van der Waals surface area contributed by atoms with E-state index in [-0.39, 0.29) is 16.8 Å². The molecule has 0 aliphatic rings. The molecule has 0 heterocycles. The van der Waals surface area contributed by atoms with Crippen LogP contribution in [-0.2, 0) is 16.8 Å². The molecule has 0 saturated carbocycles. The van der Waals surface area contributed by atoms with Crippen LogP contribution in [0.1, 0.15) is 13.8 Å². The van der Waals surface area contributed by atoms with E-state index < -0.39 is 0 Å². The molecule has 0 unspecified atom stereocenters. The van der Waals surface area contributed by atoms with Crippen molar-refractivity contribution in [2.45, 2.75) is 20.2 Å². The molecule has 0 rings (SSSR count). The van der Waals surface area contributed by atoms with Gasteiger partial charge in [-0.05, 0) is 6.92 Å². The van der Waals surface area contributed by atoms with Gasteiger partial charge in [0.05, 0.1) is 22.0 Å². The van der Waals surface area contributed by atoms with Gasteiger partial charge >= 0.3 is 0 Å². The molecule has 0 spiro atoms. The van der Waals surface area contributed by atoms with E-state index in [2.05, 4.69) is 21.2 Å². The van der Waals surface area contributed by atoms with Gasteiger partial charge < -0.3 is 0 Å². The van der Waals surface area contributed by atoms with Gasteiger partial charge in [0.15, 0.2) is 0 Å². The average Bonchev–Trinajstić information content (AvgIpc) is 1.71. The molecule has 53 valence electrons. The molecular weight excluding hydrogens is 151 g/mol. The Balaban J connectivity index is -0.0000000800. The first-order valence-electron chi connectivity index (χ1n) is 3.40. The summed E-state index contributed by atoms with van der Waals surface area (Å²) in [6.07, 6.45) is 3.09. The third-order valence-corrected chi connectivity index (χ3v) is 0.707. The van der Waals surface area contributed by atoms with Crippen LogP contribution in [-0.4, -0.2) is 22.0 Å². The third-order valence-electron chi connectivity index (χ3n) is 0.707. The van der Waals surface area contributed by atoms with Crippen molar-refractivity contribution in [1.29, 1.82) is 0 Å². The topological polar surface area (TPSA) is 0 Å². The fraction of sp³-hybridized carbons (Fsp3) is 0.600. The molecule has 0 saturated heterocycles. The molecule has 4 heteroatoms. The van der Waals surface area contributed by atoms with Crippen LogP contribution in [0.3, 0.4) is 0 Å². The SMILES string of the molecule is BBBCC.C=CC.[Co]. The van der Waals surface area contributed by atoms with Crippen molar-refractivity contribution in [1.82, 2.24) is 0 Å². The van der Waals surface area contributed by atoms with Crippen LogP contribution in [0.4, 0.5) is 0 Å². The van der Waals surface area contributed by atoms with E-state index >= 15 is 0 Å². The van der Waals surface area contributed by atoms with Crippen LogP contribution in [0.25, 0.3) is 0 Å². The third kappa shape index (κ3) is 58.8. The second-order valence-electron chi connectivity index (χ2n) is 1.76. The summed E-state index contributed by atoms with van der Waals surface area (Å²) < 4.78 is 0. The van der Waals surface area contributed by atoms with E-state index in [1.807, 2.05) is 6.92 Å². The summed E-state index contributed by atoms with van der Waals surface area (Å²) in [5.41, 5.74) is 0. The van der Waals surface area contributed by atoms with Gasteiger partial charge in [0, 0.05) is 16.8 Å². The normalized spacial score (nSPS) is 5.11. The fourth-order valence-corrected chi connectivity index (χ4v) is 0.354. The van der Waals surface area contributed by atoms with E-state index in [1.54, 1.807) is 6.08 Å². The molecule has 1 radical (unpaired) electrons. The molecule has 0 N–H and O–H groups in total. The maximum Gasteiger partial charge on any atom is 0.0776 e. The van der Waals surface area contributed by atoms with Crippen molar-refractivity contribution in [3.8, 4) is 0 Å². The van der Waals surface area contributed by atoms with Gasteiger partial charge in [0.2, 0.25) is 0 Å². The largest absolute Gasteiger partial charge is 0.103 e. The zero-order chi connectivity index (χ0) is 6.83. The van der Waals surface area contributed by atoms with Crippen LogP contribution in [0.5, 0.6) is 0 Å². The van der Waals surface area contributed by atoms with Crippen molar-refractivity contribution >= 4 is 22.0 Å². The molecule has 0 aliphatic heterocycles. The van der Waals surface area contributed by atoms with Gasteiger partial charge in [-0.25, -0.2) is 0 Å². The van der Waals surface area contributed by atoms with Crippen molar-refractivity contribution in [3.05, 3.63) is 12.7 Å². The molecule has 0 aromatic rings. The minimum absolute atomic E-state index is 0. The Kier molecular flexibility index (Phi) is 42.7. The Morgan fingerprint density at radius 1 is 1.67 bits per heavy atom. The van der Waals surface area contributed by atoms with Crippen molar-refractivity contribution < 1.29 is 16.8 Å². The summed E-state index contributed by atoms with van der Waals surface area (Å²) >= 11 is 0. The molecule has 0 atom stereocenters. The fourth-order valence-electron chi connectivity index (χ4n) is 0.354. The molecule has 0 amide bonds. The maximum atomic E-state index is 3.36. The van der Waals surface area contributed by atoms with Gasteiger partial charge in [-0.15, -0.1) is 6.58 Å². The predicted molar refractivity (Wildman–Crippen MR) is 49.2 cm³/mol. The summed E-state index contributed by atoms with van der Waals surface area (Å²) in [4.78, 5) is 0. The second-order valence-corrected chi connectivity index (χ2v) is 1.76. The molecule has 0 aromatic carbocycles. The summed E-state index contributed by atoms with van der Waals surface area (Å²) in [6, 6.07) is 0.